The lowest BCUT2D eigenvalue weighted by molar-refractivity contribution is -0.116. The van der Waals surface area contributed by atoms with Crippen LogP contribution in [0.5, 0.6) is 0 Å². The van der Waals surface area contributed by atoms with Crippen LogP contribution < -0.4 is 5.32 Å². The van der Waals surface area contributed by atoms with Crippen molar-refractivity contribution in [3.05, 3.63) is 29.8 Å². The maximum Gasteiger partial charge on any atom is 0.225 e. The van der Waals surface area contributed by atoms with Gasteiger partial charge in [-0.1, -0.05) is 0 Å². The van der Waals surface area contributed by atoms with E-state index in [2.05, 4.69) is 5.32 Å². The summed E-state index contributed by atoms with van der Waals surface area (Å²) in [5, 5.41) is 30.2. The minimum atomic E-state index is -0.725. The van der Waals surface area contributed by atoms with Crippen molar-refractivity contribution in [3.63, 3.8) is 0 Å². The molecule has 0 saturated carbocycles. The molecule has 1 saturated heterocycles. The Bertz CT molecular complexity index is 499. The average Bonchev–Trinajstić information content (AvgIpc) is 2.76. The Morgan fingerprint density at radius 3 is 2.45 bits per heavy atom. The number of aliphatic hydroxyl groups excluding tert-OH is 2. The Kier molecular flexibility index (Phi) is 4.69. The molecule has 1 aliphatic heterocycles. The van der Waals surface area contributed by atoms with Crippen molar-refractivity contribution in [1.29, 1.82) is 5.26 Å². The number of β-amino-alcohol motifs (C(OH)–C–C–N with tert-alkyl or cyclic N) is 2. The van der Waals surface area contributed by atoms with Crippen LogP contribution in [0.15, 0.2) is 24.3 Å². The van der Waals surface area contributed by atoms with Crippen LogP contribution >= 0.6 is 0 Å². The number of amides is 1. The Hall–Kier alpha value is -1.94. The topological polar surface area (TPSA) is 96.6 Å². The van der Waals surface area contributed by atoms with E-state index in [0.717, 1.165) is 0 Å². The van der Waals surface area contributed by atoms with Gasteiger partial charge in [-0.2, -0.15) is 5.26 Å². The number of benzene rings is 1. The van der Waals surface area contributed by atoms with Crippen LogP contribution in [0.3, 0.4) is 0 Å². The molecular formula is C14H17N3O3. The van der Waals surface area contributed by atoms with Crippen molar-refractivity contribution in [2.75, 3.05) is 25.0 Å². The van der Waals surface area contributed by atoms with Gasteiger partial charge in [0.2, 0.25) is 5.91 Å². The van der Waals surface area contributed by atoms with E-state index < -0.39 is 12.2 Å². The largest absolute Gasteiger partial charge is 0.389 e. The zero-order valence-electron chi connectivity index (χ0n) is 11.0. The predicted molar refractivity (Wildman–Crippen MR) is 72.9 cm³/mol. The van der Waals surface area contributed by atoms with Gasteiger partial charge in [-0.15, -0.1) is 0 Å². The first kappa shape index (κ1) is 14.5. The highest BCUT2D eigenvalue weighted by atomic mass is 16.3. The lowest BCUT2D eigenvalue weighted by Gasteiger charge is -2.14. The third kappa shape index (κ3) is 3.78. The van der Waals surface area contributed by atoms with Crippen molar-refractivity contribution in [1.82, 2.24) is 4.90 Å². The Morgan fingerprint density at radius 2 is 1.90 bits per heavy atom. The average molecular weight is 275 g/mol. The number of nitrogens with one attached hydrogen (secondary N) is 1. The second-order valence-electron chi connectivity index (χ2n) is 4.88. The molecule has 1 aromatic rings. The molecule has 0 aromatic heterocycles. The number of hydrogen-bond acceptors (Lipinski definition) is 5. The van der Waals surface area contributed by atoms with Gasteiger partial charge in [0.15, 0.2) is 0 Å². The molecule has 1 amide bonds. The highest BCUT2D eigenvalue weighted by molar-refractivity contribution is 5.90. The monoisotopic (exact) mass is 275 g/mol. The van der Waals surface area contributed by atoms with Crippen LogP contribution in [0.1, 0.15) is 12.0 Å². The van der Waals surface area contributed by atoms with Gasteiger partial charge in [0.1, 0.15) is 0 Å². The summed E-state index contributed by atoms with van der Waals surface area (Å²) in [7, 11) is 0. The van der Waals surface area contributed by atoms with E-state index in [-0.39, 0.29) is 5.91 Å². The molecule has 0 aliphatic carbocycles. The van der Waals surface area contributed by atoms with Gasteiger partial charge in [0.25, 0.3) is 0 Å². The maximum atomic E-state index is 11.8. The van der Waals surface area contributed by atoms with Gasteiger partial charge in [0, 0.05) is 31.7 Å². The number of carbonyl (C=O) groups is 1. The molecule has 1 fully saturated rings. The molecule has 0 spiro atoms. The zero-order chi connectivity index (χ0) is 14.5. The second-order valence-corrected chi connectivity index (χ2v) is 4.88. The Labute approximate surface area is 117 Å². The summed E-state index contributed by atoms with van der Waals surface area (Å²) >= 11 is 0. The van der Waals surface area contributed by atoms with E-state index in [1.165, 1.54) is 0 Å². The molecule has 20 heavy (non-hydrogen) atoms. The number of carbonyl (C=O) groups excluding carboxylic acids is 1. The SMILES string of the molecule is N#Cc1ccc(NC(=O)CCN2C[C@@H](O)[C@@H](O)C2)cc1. The summed E-state index contributed by atoms with van der Waals surface area (Å²) in [5.74, 6) is -0.134. The number of aliphatic hydroxyl groups is 2. The lowest BCUT2D eigenvalue weighted by atomic mass is 10.2. The van der Waals surface area contributed by atoms with Gasteiger partial charge in [-0.3, -0.25) is 9.69 Å². The van der Waals surface area contributed by atoms with E-state index in [0.29, 0.717) is 37.3 Å². The molecule has 6 nitrogen and oxygen atoms in total. The number of likely N-dealkylation sites (tertiary alicyclic amines) is 1. The molecule has 2 atom stereocenters. The molecule has 2 rings (SSSR count). The van der Waals surface area contributed by atoms with Gasteiger partial charge >= 0.3 is 0 Å². The van der Waals surface area contributed by atoms with Gasteiger partial charge in [-0.25, -0.2) is 0 Å². The molecule has 3 N–H and O–H groups in total. The summed E-state index contributed by atoms with van der Waals surface area (Å²) in [6.45, 7) is 1.28. The van der Waals surface area contributed by atoms with Gasteiger partial charge in [-0.05, 0) is 24.3 Å². The number of rotatable bonds is 4. The van der Waals surface area contributed by atoms with Crippen molar-refractivity contribution >= 4 is 11.6 Å². The first-order valence-electron chi connectivity index (χ1n) is 6.47. The summed E-state index contributed by atoms with van der Waals surface area (Å²) < 4.78 is 0. The second kappa shape index (κ2) is 6.48. The highest BCUT2D eigenvalue weighted by Gasteiger charge is 2.29. The molecule has 1 aliphatic rings. The van der Waals surface area contributed by atoms with E-state index in [4.69, 9.17) is 5.26 Å². The number of nitrogens with zero attached hydrogens (tertiary/aromatic N) is 2. The number of anilines is 1. The van der Waals surface area contributed by atoms with Crippen molar-refractivity contribution in [2.45, 2.75) is 18.6 Å². The molecule has 0 unspecified atom stereocenters. The maximum absolute atomic E-state index is 11.8. The van der Waals surface area contributed by atoms with Crippen LogP contribution in [0.4, 0.5) is 5.69 Å². The molecule has 0 bridgehead atoms. The van der Waals surface area contributed by atoms with Crippen LogP contribution in [0.2, 0.25) is 0 Å². The standard InChI is InChI=1S/C14H17N3O3/c15-7-10-1-3-11(4-2-10)16-14(20)5-6-17-8-12(18)13(19)9-17/h1-4,12-13,18-19H,5-6,8-9H2,(H,16,20)/t12-,13+. The summed E-state index contributed by atoms with van der Waals surface area (Å²) in [6, 6.07) is 8.66. The molecular weight excluding hydrogens is 258 g/mol. The summed E-state index contributed by atoms with van der Waals surface area (Å²) in [6.07, 6.45) is -1.16. The Balaban J connectivity index is 1.76. The lowest BCUT2D eigenvalue weighted by Crippen LogP contribution is -2.26. The van der Waals surface area contributed by atoms with E-state index >= 15 is 0 Å². The van der Waals surface area contributed by atoms with Crippen LogP contribution in [-0.2, 0) is 4.79 Å². The molecule has 0 radical (unpaired) electrons. The third-order valence-electron chi connectivity index (χ3n) is 3.29. The van der Waals surface area contributed by atoms with E-state index in [1.54, 1.807) is 24.3 Å². The Morgan fingerprint density at radius 1 is 1.30 bits per heavy atom. The quantitative estimate of drug-likeness (QED) is 0.714. The summed E-state index contributed by atoms with van der Waals surface area (Å²) in [4.78, 5) is 13.6. The fraction of sp³-hybridized carbons (Fsp3) is 0.429. The van der Waals surface area contributed by atoms with E-state index in [1.807, 2.05) is 11.0 Å². The molecule has 1 aromatic carbocycles. The molecule has 6 heteroatoms. The van der Waals surface area contributed by atoms with Crippen LogP contribution in [0, 0.1) is 11.3 Å². The van der Waals surface area contributed by atoms with Crippen LogP contribution in [-0.4, -0.2) is 52.9 Å². The van der Waals surface area contributed by atoms with Gasteiger partial charge in [0.05, 0.1) is 23.8 Å². The minimum absolute atomic E-state index is 0.134. The predicted octanol–water partition coefficient (Wildman–Crippen LogP) is -0.0757. The van der Waals surface area contributed by atoms with Crippen molar-refractivity contribution in [3.8, 4) is 6.07 Å². The smallest absolute Gasteiger partial charge is 0.225 e. The first-order chi connectivity index (χ1) is 9.58. The van der Waals surface area contributed by atoms with Crippen molar-refractivity contribution < 1.29 is 15.0 Å². The molecule has 1 heterocycles. The van der Waals surface area contributed by atoms with E-state index in [9.17, 15) is 15.0 Å². The summed E-state index contributed by atoms with van der Waals surface area (Å²) in [5.41, 5.74) is 1.19. The van der Waals surface area contributed by atoms with Crippen LogP contribution in [0.25, 0.3) is 0 Å². The first-order valence-corrected chi connectivity index (χ1v) is 6.47. The number of nitriles is 1. The van der Waals surface area contributed by atoms with Gasteiger partial charge < -0.3 is 15.5 Å². The fourth-order valence-corrected chi connectivity index (χ4v) is 2.14. The normalized spacial score (nSPS) is 22.4. The highest BCUT2D eigenvalue weighted by Crippen LogP contribution is 2.12. The molecule has 106 valence electrons. The zero-order valence-corrected chi connectivity index (χ0v) is 11.0. The van der Waals surface area contributed by atoms with Crippen molar-refractivity contribution in [2.24, 2.45) is 0 Å². The minimum Gasteiger partial charge on any atom is -0.389 e. The third-order valence-corrected chi connectivity index (χ3v) is 3.29. The fourth-order valence-electron chi connectivity index (χ4n) is 2.14. The number of hydrogen-bond donors (Lipinski definition) is 3.